The highest BCUT2D eigenvalue weighted by Crippen LogP contribution is 2.05. The minimum absolute atomic E-state index is 0.746. The second-order valence-electron chi connectivity index (χ2n) is 6.55. The van der Waals surface area contributed by atoms with Crippen molar-refractivity contribution >= 4 is 5.96 Å². The summed E-state index contributed by atoms with van der Waals surface area (Å²) in [5.41, 5.74) is 0. The number of nitrogens with one attached hydrogen (secondary N) is 2. The Hall–Kier alpha value is -0.810. The lowest BCUT2D eigenvalue weighted by atomic mass is 10.0. The van der Waals surface area contributed by atoms with Crippen LogP contribution >= 0.6 is 0 Å². The number of likely N-dealkylation sites (N-methyl/N-ethyl adjacent to an activating group) is 1. The molecule has 1 saturated heterocycles. The number of piperazine rings is 1. The third kappa shape index (κ3) is 8.56. The summed E-state index contributed by atoms with van der Waals surface area (Å²) in [6, 6.07) is 0. The predicted octanol–water partition coefficient (Wildman–Crippen LogP) is 2.01. The SMILES string of the molecule is CCC(CC)CNC(=NC)NCCCCN1CCN(CC)CC1. The van der Waals surface area contributed by atoms with Crippen molar-refractivity contribution in [2.75, 3.05) is 59.4 Å². The van der Waals surface area contributed by atoms with Crippen LogP contribution in [0.5, 0.6) is 0 Å². The molecule has 0 saturated carbocycles. The van der Waals surface area contributed by atoms with Gasteiger partial charge in [-0.05, 0) is 31.8 Å². The first-order valence-electron chi connectivity index (χ1n) is 9.62. The highest BCUT2D eigenvalue weighted by Gasteiger charge is 2.14. The van der Waals surface area contributed by atoms with E-state index in [2.05, 4.69) is 46.2 Å². The van der Waals surface area contributed by atoms with E-state index >= 15 is 0 Å². The van der Waals surface area contributed by atoms with E-state index < -0.39 is 0 Å². The molecule has 1 aliphatic rings. The first-order valence-corrected chi connectivity index (χ1v) is 9.62. The standard InChI is InChI=1S/C18H39N5/c1-5-17(6-2)16-21-18(19-4)20-10-8-9-11-23-14-12-22(7-3)13-15-23/h17H,5-16H2,1-4H3,(H2,19,20,21). The second-order valence-corrected chi connectivity index (χ2v) is 6.55. The van der Waals surface area contributed by atoms with Crippen molar-refractivity contribution in [2.24, 2.45) is 10.9 Å². The van der Waals surface area contributed by atoms with Crippen LogP contribution in [0, 0.1) is 5.92 Å². The smallest absolute Gasteiger partial charge is 0.190 e. The van der Waals surface area contributed by atoms with Crippen LogP contribution < -0.4 is 10.6 Å². The Bertz CT molecular complexity index is 307. The van der Waals surface area contributed by atoms with E-state index in [4.69, 9.17) is 0 Å². The predicted molar refractivity (Wildman–Crippen MR) is 101 cm³/mol. The maximum Gasteiger partial charge on any atom is 0.190 e. The third-order valence-electron chi connectivity index (χ3n) is 5.04. The lowest BCUT2D eigenvalue weighted by molar-refractivity contribution is 0.136. The zero-order valence-corrected chi connectivity index (χ0v) is 15.9. The fourth-order valence-electron chi connectivity index (χ4n) is 3.04. The molecule has 1 aliphatic heterocycles. The van der Waals surface area contributed by atoms with Crippen molar-refractivity contribution in [3.8, 4) is 0 Å². The average molecular weight is 326 g/mol. The summed E-state index contributed by atoms with van der Waals surface area (Å²) < 4.78 is 0. The summed E-state index contributed by atoms with van der Waals surface area (Å²) in [6.45, 7) is 16.2. The Morgan fingerprint density at radius 3 is 2.17 bits per heavy atom. The molecule has 1 heterocycles. The molecule has 0 atom stereocenters. The van der Waals surface area contributed by atoms with E-state index in [0.29, 0.717) is 0 Å². The summed E-state index contributed by atoms with van der Waals surface area (Å²) in [7, 11) is 1.86. The molecule has 1 fully saturated rings. The molecule has 136 valence electrons. The van der Waals surface area contributed by atoms with Gasteiger partial charge in [-0.3, -0.25) is 4.99 Å². The van der Waals surface area contributed by atoms with Crippen molar-refractivity contribution in [3.63, 3.8) is 0 Å². The molecule has 23 heavy (non-hydrogen) atoms. The van der Waals surface area contributed by atoms with Gasteiger partial charge in [0.15, 0.2) is 5.96 Å². The maximum absolute atomic E-state index is 4.31. The molecular weight excluding hydrogens is 286 g/mol. The molecular formula is C18H39N5. The first-order chi connectivity index (χ1) is 11.2. The zero-order chi connectivity index (χ0) is 16.9. The third-order valence-corrected chi connectivity index (χ3v) is 5.04. The van der Waals surface area contributed by atoms with Gasteiger partial charge in [0, 0.05) is 46.3 Å². The molecule has 0 amide bonds. The number of guanidine groups is 1. The highest BCUT2D eigenvalue weighted by molar-refractivity contribution is 5.79. The molecule has 0 bridgehead atoms. The Morgan fingerprint density at radius 2 is 1.61 bits per heavy atom. The topological polar surface area (TPSA) is 42.9 Å². The van der Waals surface area contributed by atoms with Gasteiger partial charge < -0.3 is 20.4 Å². The van der Waals surface area contributed by atoms with Gasteiger partial charge in [0.2, 0.25) is 0 Å². The maximum atomic E-state index is 4.31. The Kier molecular flexibility index (Phi) is 11.1. The van der Waals surface area contributed by atoms with Crippen LogP contribution in [0.1, 0.15) is 46.5 Å². The summed E-state index contributed by atoms with van der Waals surface area (Å²) in [5.74, 6) is 1.70. The van der Waals surface area contributed by atoms with Gasteiger partial charge in [0.05, 0.1) is 0 Å². The molecule has 2 N–H and O–H groups in total. The normalized spacial score (nSPS) is 17.7. The number of unbranched alkanes of at least 4 members (excludes halogenated alkanes) is 1. The quantitative estimate of drug-likeness (QED) is 0.366. The van der Waals surface area contributed by atoms with Gasteiger partial charge in [-0.15, -0.1) is 0 Å². The van der Waals surface area contributed by atoms with Crippen LogP contribution in [0.2, 0.25) is 0 Å². The fourth-order valence-corrected chi connectivity index (χ4v) is 3.04. The lowest BCUT2D eigenvalue weighted by Crippen LogP contribution is -2.46. The molecule has 0 aromatic carbocycles. The van der Waals surface area contributed by atoms with Gasteiger partial charge in [-0.1, -0.05) is 33.6 Å². The summed E-state index contributed by atoms with van der Waals surface area (Å²) in [6.07, 6.45) is 4.93. The minimum Gasteiger partial charge on any atom is -0.356 e. The fraction of sp³-hybridized carbons (Fsp3) is 0.944. The number of rotatable bonds is 10. The molecule has 0 spiro atoms. The van der Waals surface area contributed by atoms with Crippen molar-refractivity contribution in [3.05, 3.63) is 0 Å². The van der Waals surface area contributed by atoms with Crippen molar-refractivity contribution in [2.45, 2.75) is 46.5 Å². The molecule has 0 aromatic rings. The number of hydrogen-bond donors (Lipinski definition) is 2. The second kappa shape index (κ2) is 12.6. The van der Waals surface area contributed by atoms with Crippen LogP contribution in [0.4, 0.5) is 0 Å². The van der Waals surface area contributed by atoms with Crippen LogP contribution in [0.3, 0.4) is 0 Å². The molecule has 5 nitrogen and oxygen atoms in total. The number of hydrogen-bond acceptors (Lipinski definition) is 3. The average Bonchev–Trinajstić information content (AvgIpc) is 2.61. The van der Waals surface area contributed by atoms with E-state index in [1.165, 1.54) is 65.0 Å². The largest absolute Gasteiger partial charge is 0.356 e. The summed E-state index contributed by atoms with van der Waals surface area (Å²) in [5, 5.41) is 6.88. The molecule has 1 rings (SSSR count). The minimum atomic E-state index is 0.746. The van der Waals surface area contributed by atoms with Crippen molar-refractivity contribution in [1.29, 1.82) is 0 Å². The van der Waals surface area contributed by atoms with Crippen LogP contribution in [-0.2, 0) is 0 Å². The molecule has 0 aliphatic carbocycles. The van der Waals surface area contributed by atoms with Crippen molar-refractivity contribution < 1.29 is 0 Å². The van der Waals surface area contributed by atoms with Crippen LogP contribution in [-0.4, -0.2) is 75.2 Å². The molecule has 0 unspecified atom stereocenters. The molecule has 0 radical (unpaired) electrons. The lowest BCUT2D eigenvalue weighted by Gasteiger charge is -2.34. The van der Waals surface area contributed by atoms with E-state index in [9.17, 15) is 0 Å². The number of nitrogens with zero attached hydrogens (tertiary/aromatic N) is 3. The Balaban J connectivity index is 2.05. The van der Waals surface area contributed by atoms with Gasteiger partial charge in [0.25, 0.3) is 0 Å². The van der Waals surface area contributed by atoms with Gasteiger partial charge in [0.1, 0.15) is 0 Å². The Morgan fingerprint density at radius 1 is 0.957 bits per heavy atom. The van der Waals surface area contributed by atoms with E-state index in [0.717, 1.165) is 25.0 Å². The van der Waals surface area contributed by atoms with E-state index in [1.807, 2.05) is 7.05 Å². The van der Waals surface area contributed by atoms with E-state index in [1.54, 1.807) is 0 Å². The van der Waals surface area contributed by atoms with Crippen LogP contribution in [0.25, 0.3) is 0 Å². The monoisotopic (exact) mass is 325 g/mol. The zero-order valence-electron chi connectivity index (χ0n) is 15.9. The van der Waals surface area contributed by atoms with Crippen molar-refractivity contribution in [1.82, 2.24) is 20.4 Å². The highest BCUT2D eigenvalue weighted by atomic mass is 15.3. The Labute approximate surface area is 143 Å². The van der Waals surface area contributed by atoms with E-state index in [-0.39, 0.29) is 0 Å². The van der Waals surface area contributed by atoms with Gasteiger partial charge in [-0.25, -0.2) is 0 Å². The van der Waals surface area contributed by atoms with Gasteiger partial charge in [-0.2, -0.15) is 0 Å². The summed E-state index contributed by atoms with van der Waals surface area (Å²) >= 11 is 0. The van der Waals surface area contributed by atoms with Gasteiger partial charge >= 0.3 is 0 Å². The molecule has 5 heteroatoms. The summed E-state index contributed by atoms with van der Waals surface area (Å²) in [4.78, 5) is 9.45. The number of aliphatic imine (C=N–C) groups is 1. The first kappa shape index (κ1) is 20.2. The molecule has 0 aromatic heterocycles. The van der Waals surface area contributed by atoms with Crippen LogP contribution in [0.15, 0.2) is 4.99 Å².